The molecule has 1 aliphatic rings. The summed E-state index contributed by atoms with van der Waals surface area (Å²) < 4.78 is 38.6. The fourth-order valence-electron chi connectivity index (χ4n) is 2.62. The van der Waals surface area contributed by atoms with Gasteiger partial charge in [0.25, 0.3) is 0 Å². The predicted octanol–water partition coefficient (Wildman–Crippen LogP) is 4.13. The van der Waals surface area contributed by atoms with E-state index in [1.165, 1.54) is 6.42 Å². The number of alkyl halides is 3. The average molecular weight is 287 g/mol. The Morgan fingerprint density at radius 2 is 1.80 bits per heavy atom. The molecule has 3 nitrogen and oxygen atoms in total. The van der Waals surface area contributed by atoms with Gasteiger partial charge in [0, 0.05) is 13.1 Å². The van der Waals surface area contributed by atoms with E-state index in [9.17, 15) is 13.2 Å². The Hall–Kier alpha value is -1.46. The standard InChI is InChI=1S/C14H20F3N3/c1-9-5-3-4-6-11(9)19-13-8-10(14(15,16)17)7-12(18-2)20-13/h7-9,11H,3-6H2,1-2H3,(H2,18,19,20). The van der Waals surface area contributed by atoms with E-state index < -0.39 is 11.7 Å². The van der Waals surface area contributed by atoms with Crippen molar-refractivity contribution in [3.05, 3.63) is 17.7 Å². The molecule has 1 aromatic rings. The van der Waals surface area contributed by atoms with Crippen LogP contribution in [0.4, 0.5) is 24.8 Å². The van der Waals surface area contributed by atoms with E-state index in [4.69, 9.17) is 0 Å². The summed E-state index contributed by atoms with van der Waals surface area (Å²) >= 11 is 0. The Morgan fingerprint density at radius 1 is 1.15 bits per heavy atom. The smallest absolute Gasteiger partial charge is 0.373 e. The molecule has 0 aromatic carbocycles. The molecule has 1 fully saturated rings. The third kappa shape index (κ3) is 3.55. The summed E-state index contributed by atoms with van der Waals surface area (Å²) in [4.78, 5) is 4.17. The first-order chi connectivity index (χ1) is 9.40. The maximum atomic E-state index is 12.9. The van der Waals surface area contributed by atoms with Crippen molar-refractivity contribution in [2.75, 3.05) is 17.7 Å². The minimum absolute atomic E-state index is 0.199. The lowest BCUT2D eigenvalue weighted by Crippen LogP contribution is -2.30. The molecule has 112 valence electrons. The van der Waals surface area contributed by atoms with Gasteiger partial charge in [0.1, 0.15) is 11.6 Å². The second-order valence-electron chi connectivity index (χ2n) is 5.39. The number of halogens is 3. The van der Waals surface area contributed by atoms with E-state index >= 15 is 0 Å². The lowest BCUT2D eigenvalue weighted by Gasteiger charge is -2.30. The first-order valence-electron chi connectivity index (χ1n) is 6.93. The van der Waals surface area contributed by atoms with E-state index in [1.54, 1.807) is 7.05 Å². The molecule has 0 saturated heterocycles. The van der Waals surface area contributed by atoms with Gasteiger partial charge in [0.2, 0.25) is 0 Å². The number of anilines is 2. The molecule has 2 rings (SSSR count). The molecule has 0 bridgehead atoms. The van der Waals surface area contributed by atoms with Crippen molar-refractivity contribution < 1.29 is 13.2 Å². The Bertz CT molecular complexity index is 459. The van der Waals surface area contributed by atoms with Gasteiger partial charge in [-0.25, -0.2) is 4.98 Å². The number of rotatable bonds is 3. The second kappa shape index (κ2) is 5.89. The molecule has 1 heterocycles. The van der Waals surface area contributed by atoms with E-state index in [1.807, 2.05) is 0 Å². The molecule has 2 unspecified atom stereocenters. The van der Waals surface area contributed by atoms with Crippen LogP contribution in [-0.4, -0.2) is 18.1 Å². The van der Waals surface area contributed by atoms with E-state index in [0.717, 1.165) is 31.4 Å². The van der Waals surface area contributed by atoms with Gasteiger partial charge in [-0.05, 0) is 30.9 Å². The molecule has 0 radical (unpaired) electrons. The van der Waals surface area contributed by atoms with Crippen LogP contribution in [0.2, 0.25) is 0 Å². The molecular formula is C14H20F3N3. The number of nitrogens with one attached hydrogen (secondary N) is 2. The monoisotopic (exact) mass is 287 g/mol. The molecule has 6 heteroatoms. The van der Waals surface area contributed by atoms with Gasteiger partial charge >= 0.3 is 6.18 Å². The van der Waals surface area contributed by atoms with E-state index in [-0.39, 0.29) is 11.9 Å². The van der Waals surface area contributed by atoms with Crippen molar-refractivity contribution in [3.63, 3.8) is 0 Å². The molecule has 0 aliphatic heterocycles. The zero-order valence-electron chi connectivity index (χ0n) is 11.7. The fraction of sp³-hybridized carbons (Fsp3) is 0.643. The third-order valence-corrected chi connectivity index (χ3v) is 3.85. The lowest BCUT2D eigenvalue weighted by atomic mass is 9.86. The normalized spacial score (nSPS) is 23.4. The Morgan fingerprint density at radius 3 is 2.40 bits per heavy atom. The summed E-state index contributed by atoms with van der Waals surface area (Å²) in [5.41, 5.74) is -0.678. The molecule has 0 amide bonds. The molecule has 20 heavy (non-hydrogen) atoms. The van der Waals surface area contributed by atoms with Crippen molar-refractivity contribution in [1.82, 2.24) is 4.98 Å². The van der Waals surface area contributed by atoms with Crippen LogP contribution in [0.5, 0.6) is 0 Å². The Balaban J connectivity index is 2.22. The van der Waals surface area contributed by atoms with Crippen LogP contribution in [0.15, 0.2) is 12.1 Å². The highest BCUT2D eigenvalue weighted by Gasteiger charge is 2.32. The second-order valence-corrected chi connectivity index (χ2v) is 5.39. The summed E-state index contributed by atoms with van der Waals surface area (Å²) in [5, 5.41) is 5.84. The van der Waals surface area contributed by atoms with Crippen LogP contribution in [0.25, 0.3) is 0 Å². The molecule has 1 aromatic heterocycles. The van der Waals surface area contributed by atoms with E-state index in [2.05, 4.69) is 22.5 Å². The van der Waals surface area contributed by atoms with Gasteiger partial charge in [-0.1, -0.05) is 19.8 Å². The molecule has 1 saturated carbocycles. The summed E-state index contributed by atoms with van der Waals surface area (Å²) in [6, 6.07) is 2.31. The van der Waals surface area contributed by atoms with E-state index in [0.29, 0.717) is 11.7 Å². The van der Waals surface area contributed by atoms with Crippen LogP contribution >= 0.6 is 0 Å². The highest BCUT2D eigenvalue weighted by molar-refractivity contribution is 5.50. The van der Waals surface area contributed by atoms with Crippen LogP contribution in [0.3, 0.4) is 0 Å². The molecular weight excluding hydrogens is 267 g/mol. The van der Waals surface area contributed by atoms with Gasteiger partial charge in [0.15, 0.2) is 0 Å². The highest BCUT2D eigenvalue weighted by atomic mass is 19.4. The van der Waals surface area contributed by atoms with Crippen molar-refractivity contribution in [2.45, 2.75) is 44.8 Å². The van der Waals surface area contributed by atoms with Gasteiger partial charge < -0.3 is 10.6 Å². The molecule has 0 spiro atoms. The first-order valence-corrected chi connectivity index (χ1v) is 6.93. The maximum absolute atomic E-state index is 12.9. The molecule has 1 aliphatic carbocycles. The van der Waals surface area contributed by atoms with Crippen molar-refractivity contribution >= 4 is 11.6 Å². The van der Waals surface area contributed by atoms with Crippen LogP contribution in [-0.2, 0) is 6.18 Å². The first kappa shape index (κ1) is 14.9. The quantitative estimate of drug-likeness (QED) is 0.877. The third-order valence-electron chi connectivity index (χ3n) is 3.85. The summed E-state index contributed by atoms with van der Waals surface area (Å²) in [7, 11) is 1.56. The number of hydrogen-bond donors (Lipinski definition) is 2. The molecule has 2 atom stereocenters. The number of aromatic nitrogens is 1. The largest absolute Gasteiger partial charge is 0.416 e. The highest BCUT2D eigenvalue weighted by Crippen LogP contribution is 2.33. The average Bonchev–Trinajstić information content (AvgIpc) is 2.40. The van der Waals surface area contributed by atoms with Crippen LogP contribution in [0.1, 0.15) is 38.2 Å². The van der Waals surface area contributed by atoms with Crippen molar-refractivity contribution in [1.29, 1.82) is 0 Å². The van der Waals surface area contributed by atoms with Gasteiger partial charge in [0.05, 0.1) is 5.56 Å². The minimum atomic E-state index is -4.36. The predicted molar refractivity (Wildman–Crippen MR) is 73.8 cm³/mol. The Kier molecular flexibility index (Phi) is 4.40. The number of hydrogen-bond acceptors (Lipinski definition) is 3. The summed E-state index contributed by atoms with van der Waals surface area (Å²) in [6.45, 7) is 2.13. The maximum Gasteiger partial charge on any atom is 0.416 e. The van der Waals surface area contributed by atoms with Crippen LogP contribution in [0, 0.1) is 5.92 Å². The van der Waals surface area contributed by atoms with Gasteiger partial charge in [-0.2, -0.15) is 13.2 Å². The lowest BCUT2D eigenvalue weighted by molar-refractivity contribution is -0.137. The van der Waals surface area contributed by atoms with Gasteiger partial charge in [-0.15, -0.1) is 0 Å². The van der Waals surface area contributed by atoms with Crippen LogP contribution < -0.4 is 10.6 Å². The number of nitrogens with zero attached hydrogens (tertiary/aromatic N) is 1. The topological polar surface area (TPSA) is 37.0 Å². The summed E-state index contributed by atoms with van der Waals surface area (Å²) in [5.74, 6) is 0.979. The van der Waals surface area contributed by atoms with Gasteiger partial charge in [-0.3, -0.25) is 0 Å². The summed E-state index contributed by atoms with van der Waals surface area (Å²) in [6.07, 6.45) is 0.0314. The van der Waals surface area contributed by atoms with Crippen molar-refractivity contribution in [2.24, 2.45) is 5.92 Å². The fourth-order valence-corrected chi connectivity index (χ4v) is 2.62. The SMILES string of the molecule is CNc1cc(C(F)(F)F)cc(NC2CCCCC2C)n1. The minimum Gasteiger partial charge on any atom is -0.373 e. The zero-order valence-corrected chi connectivity index (χ0v) is 11.7. The zero-order chi connectivity index (χ0) is 14.8. The molecule has 2 N–H and O–H groups in total. The number of pyridine rings is 1. The van der Waals surface area contributed by atoms with Crippen molar-refractivity contribution in [3.8, 4) is 0 Å². The Labute approximate surface area is 117 Å².